The van der Waals surface area contributed by atoms with Crippen LogP contribution in [0.2, 0.25) is 0 Å². The number of amides is 1. The van der Waals surface area contributed by atoms with Crippen LogP contribution in [0.15, 0.2) is 84.6 Å². The van der Waals surface area contributed by atoms with Crippen molar-refractivity contribution in [1.29, 1.82) is 5.26 Å². The molecule has 1 N–H and O–H groups in total. The molecular formula is C27H23N3O2. The second-order valence-electron chi connectivity index (χ2n) is 7.57. The van der Waals surface area contributed by atoms with Crippen LogP contribution >= 0.6 is 0 Å². The Labute approximate surface area is 187 Å². The highest BCUT2D eigenvalue weighted by Gasteiger charge is 2.13. The van der Waals surface area contributed by atoms with Crippen LogP contribution in [0.1, 0.15) is 16.7 Å². The molecule has 32 heavy (non-hydrogen) atoms. The lowest BCUT2D eigenvalue weighted by Gasteiger charge is -2.06. The van der Waals surface area contributed by atoms with Crippen molar-refractivity contribution in [3.8, 4) is 11.8 Å². The number of nitrogens with one attached hydrogen (secondary N) is 1. The molecule has 4 rings (SSSR count). The summed E-state index contributed by atoms with van der Waals surface area (Å²) in [4.78, 5) is 12.7. The summed E-state index contributed by atoms with van der Waals surface area (Å²) in [5, 5.41) is 13.4. The highest BCUT2D eigenvalue weighted by Crippen LogP contribution is 2.25. The Morgan fingerprint density at radius 3 is 2.47 bits per heavy atom. The first kappa shape index (κ1) is 21.0. The molecule has 3 aromatic carbocycles. The van der Waals surface area contributed by atoms with Gasteiger partial charge < -0.3 is 14.6 Å². The Kier molecular flexibility index (Phi) is 6.05. The largest absolute Gasteiger partial charge is 0.497 e. The summed E-state index contributed by atoms with van der Waals surface area (Å²) >= 11 is 0. The molecule has 0 saturated carbocycles. The minimum atomic E-state index is -0.451. The van der Waals surface area contributed by atoms with E-state index in [1.165, 1.54) is 11.1 Å². The normalized spacial score (nSPS) is 11.2. The SMILES string of the molecule is COc1ccc(NC(=O)C(C#N)=Cc2cn(Cc3ccc(C)cc3)c3ccccc23)cc1. The average Bonchev–Trinajstić information content (AvgIpc) is 3.16. The maximum absolute atomic E-state index is 12.7. The van der Waals surface area contributed by atoms with E-state index in [0.29, 0.717) is 18.0 Å². The van der Waals surface area contributed by atoms with E-state index in [-0.39, 0.29) is 5.57 Å². The van der Waals surface area contributed by atoms with Crippen molar-refractivity contribution >= 4 is 28.6 Å². The number of aromatic nitrogens is 1. The number of carbonyl (C=O) groups excluding carboxylic acids is 1. The average molecular weight is 422 g/mol. The van der Waals surface area contributed by atoms with Gasteiger partial charge >= 0.3 is 0 Å². The molecule has 5 nitrogen and oxygen atoms in total. The second kappa shape index (κ2) is 9.23. The van der Waals surface area contributed by atoms with E-state index in [1.807, 2.05) is 36.5 Å². The molecule has 0 aliphatic heterocycles. The Hall–Kier alpha value is -4.30. The van der Waals surface area contributed by atoms with Crippen LogP contribution in [-0.2, 0) is 11.3 Å². The van der Waals surface area contributed by atoms with Gasteiger partial charge in [0.25, 0.3) is 5.91 Å². The number of nitriles is 1. The van der Waals surface area contributed by atoms with Gasteiger partial charge in [-0.05, 0) is 48.9 Å². The Morgan fingerprint density at radius 1 is 1.06 bits per heavy atom. The van der Waals surface area contributed by atoms with Gasteiger partial charge in [-0.25, -0.2) is 0 Å². The molecule has 1 heterocycles. The highest BCUT2D eigenvalue weighted by atomic mass is 16.5. The zero-order valence-corrected chi connectivity index (χ0v) is 18.0. The van der Waals surface area contributed by atoms with Gasteiger partial charge in [-0.2, -0.15) is 5.26 Å². The first-order valence-electron chi connectivity index (χ1n) is 10.3. The van der Waals surface area contributed by atoms with Gasteiger partial charge in [-0.1, -0.05) is 48.0 Å². The van der Waals surface area contributed by atoms with Crippen molar-refractivity contribution in [1.82, 2.24) is 4.57 Å². The molecule has 4 aromatic rings. The number of methoxy groups -OCH3 is 1. The van der Waals surface area contributed by atoms with E-state index in [0.717, 1.165) is 16.5 Å². The molecule has 0 atom stereocenters. The molecule has 1 aromatic heterocycles. The summed E-state index contributed by atoms with van der Waals surface area (Å²) in [6, 6.07) is 25.4. The summed E-state index contributed by atoms with van der Waals surface area (Å²) in [5.74, 6) is 0.244. The predicted octanol–water partition coefficient (Wildman–Crippen LogP) is 5.55. The molecule has 0 unspecified atom stereocenters. The van der Waals surface area contributed by atoms with E-state index >= 15 is 0 Å². The minimum Gasteiger partial charge on any atom is -0.497 e. The molecule has 1 amide bonds. The predicted molar refractivity (Wildman–Crippen MR) is 127 cm³/mol. The second-order valence-corrected chi connectivity index (χ2v) is 7.57. The smallest absolute Gasteiger partial charge is 0.266 e. The summed E-state index contributed by atoms with van der Waals surface area (Å²) in [5.41, 5.74) is 4.92. The lowest BCUT2D eigenvalue weighted by molar-refractivity contribution is -0.112. The minimum absolute atomic E-state index is 0.0408. The first-order chi connectivity index (χ1) is 15.6. The molecule has 0 fully saturated rings. The number of aryl methyl sites for hydroxylation is 1. The summed E-state index contributed by atoms with van der Waals surface area (Å²) < 4.78 is 7.28. The Balaban J connectivity index is 1.64. The summed E-state index contributed by atoms with van der Waals surface area (Å²) in [7, 11) is 1.58. The van der Waals surface area contributed by atoms with Gasteiger partial charge in [-0.3, -0.25) is 4.79 Å². The number of carbonyl (C=O) groups is 1. The summed E-state index contributed by atoms with van der Waals surface area (Å²) in [6.07, 6.45) is 3.63. The van der Waals surface area contributed by atoms with Gasteiger partial charge in [0.1, 0.15) is 17.4 Å². The number of para-hydroxylation sites is 1. The molecule has 0 radical (unpaired) electrons. The van der Waals surface area contributed by atoms with Crippen molar-refractivity contribution in [3.63, 3.8) is 0 Å². The lowest BCUT2D eigenvalue weighted by Crippen LogP contribution is -2.13. The molecule has 158 valence electrons. The molecule has 0 saturated heterocycles. The maximum Gasteiger partial charge on any atom is 0.266 e. The zero-order valence-electron chi connectivity index (χ0n) is 18.0. The fourth-order valence-corrected chi connectivity index (χ4v) is 3.59. The van der Waals surface area contributed by atoms with E-state index in [1.54, 1.807) is 37.5 Å². The quantitative estimate of drug-likeness (QED) is 0.328. The van der Waals surface area contributed by atoms with Crippen molar-refractivity contribution < 1.29 is 9.53 Å². The van der Waals surface area contributed by atoms with Crippen LogP contribution in [0.25, 0.3) is 17.0 Å². The van der Waals surface area contributed by atoms with Crippen molar-refractivity contribution in [2.24, 2.45) is 0 Å². The van der Waals surface area contributed by atoms with Crippen LogP contribution in [0, 0.1) is 18.3 Å². The number of nitrogens with zero attached hydrogens (tertiary/aromatic N) is 2. The van der Waals surface area contributed by atoms with E-state index in [4.69, 9.17) is 4.74 Å². The van der Waals surface area contributed by atoms with Gasteiger partial charge in [0.05, 0.1) is 7.11 Å². The third-order valence-corrected chi connectivity index (χ3v) is 5.31. The van der Waals surface area contributed by atoms with Gasteiger partial charge in [0.15, 0.2) is 0 Å². The van der Waals surface area contributed by atoms with Gasteiger partial charge in [0, 0.05) is 34.9 Å². The van der Waals surface area contributed by atoms with Crippen LogP contribution in [0.5, 0.6) is 5.75 Å². The fourth-order valence-electron chi connectivity index (χ4n) is 3.59. The number of anilines is 1. The number of hydrogen-bond donors (Lipinski definition) is 1. The number of fused-ring (bicyclic) bond motifs is 1. The van der Waals surface area contributed by atoms with Crippen LogP contribution in [0.4, 0.5) is 5.69 Å². The first-order valence-corrected chi connectivity index (χ1v) is 10.3. The van der Waals surface area contributed by atoms with Gasteiger partial charge in [-0.15, -0.1) is 0 Å². The van der Waals surface area contributed by atoms with Crippen LogP contribution in [0.3, 0.4) is 0 Å². The highest BCUT2D eigenvalue weighted by molar-refractivity contribution is 6.10. The topological polar surface area (TPSA) is 67.0 Å². The maximum atomic E-state index is 12.7. The monoisotopic (exact) mass is 421 g/mol. The number of hydrogen-bond acceptors (Lipinski definition) is 3. The van der Waals surface area contributed by atoms with Crippen molar-refractivity contribution in [2.75, 3.05) is 12.4 Å². The molecule has 0 aliphatic carbocycles. The number of rotatable bonds is 6. The van der Waals surface area contributed by atoms with Crippen molar-refractivity contribution in [3.05, 3.63) is 101 Å². The Morgan fingerprint density at radius 2 is 1.78 bits per heavy atom. The molecular weight excluding hydrogens is 398 g/mol. The lowest BCUT2D eigenvalue weighted by atomic mass is 10.1. The van der Waals surface area contributed by atoms with Crippen LogP contribution in [-0.4, -0.2) is 17.6 Å². The standard InChI is InChI=1S/C27H23N3O2/c1-19-7-9-20(10-8-19)17-30-18-22(25-5-3-4-6-26(25)30)15-21(16-28)27(31)29-23-11-13-24(32-2)14-12-23/h3-15,18H,17H2,1-2H3,(H,29,31). The molecule has 0 spiro atoms. The van der Waals surface area contributed by atoms with Gasteiger partial charge in [0.2, 0.25) is 0 Å². The number of benzene rings is 3. The van der Waals surface area contributed by atoms with E-state index in [9.17, 15) is 10.1 Å². The van der Waals surface area contributed by atoms with Crippen molar-refractivity contribution in [2.45, 2.75) is 13.5 Å². The molecule has 0 aliphatic rings. The summed E-state index contributed by atoms with van der Waals surface area (Å²) in [6.45, 7) is 2.77. The number of ether oxygens (including phenoxy) is 1. The molecule has 0 bridgehead atoms. The van der Waals surface area contributed by atoms with E-state index in [2.05, 4.69) is 41.1 Å². The Bertz CT molecular complexity index is 1320. The third kappa shape index (κ3) is 4.55. The molecule has 5 heteroatoms. The zero-order chi connectivity index (χ0) is 22.5. The van der Waals surface area contributed by atoms with E-state index < -0.39 is 5.91 Å². The third-order valence-electron chi connectivity index (χ3n) is 5.31. The van der Waals surface area contributed by atoms with Crippen LogP contribution < -0.4 is 10.1 Å². The fraction of sp³-hybridized carbons (Fsp3) is 0.111.